The summed E-state index contributed by atoms with van der Waals surface area (Å²) in [7, 11) is 1.55. The summed E-state index contributed by atoms with van der Waals surface area (Å²) in [6, 6.07) is 17.3. The Morgan fingerprint density at radius 3 is 2.41 bits per heavy atom. The van der Waals surface area contributed by atoms with E-state index in [1.165, 1.54) is 12.3 Å². The molecule has 2 heterocycles. The number of hydrogen-bond acceptors (Lipinski definition) is 6. The van der Waals surface area contributed by atoms with Gasteiger partial charge in [-0.3, -0.25) is 14.4 Å². The summed E-state index contributed by atoms with van der Waals surface area (Å²) in [6.07, 6.45) is 1.39. The third-order valence-electron chi connectivity index (χ3n) is 4.80. The van der Waals surface area contributed by atoms with Gasteiger partial charge >= 0.3 is 0 Å². The van der Waals surface area contributed by atoms with Crippen LogP contribution in [0.2, 0.25) is 0 Å². The summed E-state index contributed by atoms with van der Waals surface area (Å²) in [5.41, 5.74) is 2.14. The first-order valence-corrected chi connectivity index (χ1v) is 9.53. The number of carbonyl (C=O) groups is 1. The Labute approximate surface area is 181 Å². The zero-order chi connectivity index (χ0) is 22.7. The standard InChI is InChI=1S/C23H18N4O5/c1-32-15-9-7-13(8-10-15)12-24-27-23(31)19-20(28)16-11-17(14-5-3-2-4-6-14)25-21(29)18(16)22(30)26-19/h2-12,28H,1H3,(H,25,29)(H,26,30)(H,27,31)/b24-12+. The van der Waals surface area contributed by atoms with Crippen molar-refractivity contribution in [2.75, 3.05) is 7.11 Å². The fraction of sp³-hybridized carbons (Fsp3) is 0.0435. The van der Waals surface area contributed by atoms with Gasteiger partial charge in [0.05, 0.1) is 13.3 Å². The molecule has 160 valence electrons. The van der Waals surface area contributed by atoms with Crippen molar-refractivity contribution in [3.05, 3.63) is 92.6 Å². The minimum Gasteiger partial charge on any atom is -0.505 e. The lowest BCUT2D eigenvalue weighted by Gasteiger charge is -2.08. The molecule has 0 radical (unpaired) electrons. The number of hydrazone groups is 1. The van der Waals surface area contributed by atoms with Crippen molar-refractivity contribution in [2.45, 2.75) is 0 Å². The highest BCUT2D eigenvalue weighted by molar-refractivity contribution is 6.02. The second-order valence-corrected chi connectivity index (χ2v) is 6.82. The number of ether oxygens (including phenoxy) is 1. The molecule has 32 heavy (non-hydrogen) atoms. The third-order valence-corrected chi connectivity index (χ3v) is 4.80. The molecule has 0 aliphatic carbocycles. The van der Waals surface area contributed by atoms with Crippen LogP contribution < -0.4 is 21.3 Å². The third kappa shape index (κ3) is 3.99. The lowest BCUT2D eigenvalue weighted by atomic mass is 10.1. The molecule has 0 saturated heterocycles. The van der Waals surface area contributed by atoms with Gasteiger partial charge in [-0.1, -0.05) is 30.3 Å². The molecule has 0 aliphatic heterocycles. The molecule has 4 N–H and O–H groups in total. The number of rotatable bonds is 5. The smallest absolute Gasteiger partial charge is 0.291 e. The molecule has 4 aromatic rings. The number of aromatic hydroxyl groups is 1. The molecular formula is C23H18N4O5. The number of carbonyl (C=O) groups excluding carboxylic acids is 1. The zero-order valence-corrected chi connectivity index (χ0v) is 16.9. The van der Waals surface area contributed by atoms with Crippen molar-refractivity contribution in [3.63, 3.8) is 0 Å². The van der Waals surface area contributed by atoms with Crippen molar-refractivity contribution in [3.8, 4) is 22.8 Å². The number of methoxy groups -OCH3 is 1. The molecular weight excluding hydrogens is 412 g/mol. The van der Waals surface area contributed by atoms with Crippen LogP contribution in [-0.2, 0) is 0 Å². The van der Waals surface area contributed by atoms with E-state index in [4.69, 9.17) is 4.74 Å². The first-order valence-electron chi connectivity index (χ1n) is 9.53. The predicted octanol–water partition coefficient (Wildman–Crippen LogP) is 2.36. The number of nitrogens with one attached hydrogen (secondary N) is 3. The van der Waals surface area contributed by atoms with Gasteiger partial charge in [0.25, 0.3) is 17.0 Å². The van der Waals surface area contributed by atoms with E-state index in [9.17, 15) is 19.5 Å². The minimum atomic E-state index is -0.840. The van der Waals surface area contributed by atoms with Gasteiger partial charge in [-0.25, -0.2) is 5.43 Å². The van der Waals surface area contributed by atoms with E-state index in [2.05, 4.69) is 20.5 Å². The highest BCUT2D eigenvalue weighted by Crippen LogP contribution is 2.26. The number of amides is 1. The minimum absolute atomic E-state index is 0.0411. The van der Waals surface area contributed by atoms with E-state index in [1.54, 1.807) is 55.6 Å². The molecule has 9 nitrogen and oxygen atoms in total. The molecule has 9 heteroatoms. The first-order chi connectivity index (χ1) is 15.5. The van der Waals surface area contributed by atoms with E-state index < -0.39 is 28.5 Å². The van der Waals surface area contributed by atoms with Crippen LogP contribution in [0.1, 0.15) is 16.1 Å². The summed E-state index contributed by atoms with van der Waals surface area (Å²) in [5, 5.41) is 14.2. The number of pyridine rings is 2. The van der Waals surface area contributed by atoms with Crippen LogP contribution >= 0.6 is 0 Å². The van der Waals surface area contributed by atoms with Crippen molar-refractivity contribution in [1.29, 1.82) is 0 Å². The Morgan fingerprint density at radius 1 is 1.03 bits per heavy atom. The predicted molar refractivity (Wildman–Crippen MR) is 120 cm³/mol. The van der Waals surface area contributed by atoms with Crippen LogP contribution in [0.25, 0.3) is 22.0 Å². The van der Waals surface area contributed by atoms with E-state index in [0.29, 0.717) is 22.6 Å². The molecule has 0 atom stereocenters. The number of nitrogens with zero attached hydrogens (tertiary/aromatic N) is 1. The van der Waals surface area contributed by atoms with Crippen molar-refractivity contribution in [2.24, 2.45) is 5.10 Å². The summed E-state index contributed by atoms with van der Waals surface area (Å²) in [4.78, 5) is 42.4. The Kier molecular flexibility index (Phi) is 5.54. The Bertz CT molecular complexity index is 1440. The summed E-state index contributed by atoms with van der Waals surface area (Å²) in [5.74, 6) is -0.692. The largest absolute Gasteiger partial charge is 0.505 e. The van der Waals surface area contributed by atoms with Gasteiger partial charge in [-0.2, -0.15) is 5.10 Å². The average Bonchev–Trinajstić information content (AvgIpc) is 2.81. The number of fused-ring (bicyclic) bond motifs is 1. The van der Waals surface area contributed by atoms with Crippen LogP contribution in [-0.4, -0.2) is 34.3 Å². The highest BCUT2D eigenvalue weighted by atomic mass is 16.5. The van der Waals surface area contributed by atoms with E-state index in [-0.39, 0.29) is 10.8 Å². The summed E-state index contributed by atoms with van der Waals surface area (Å²) in [6.45, 7) is 0. The van der Waals surface area contributed by atoms with Gasteiger partial charge in [0.15, 0.2) is 11.4 Å². The molecule has 0 aliphatic rings. The SMILES string of the molecule is COc1ccc(/C=N/NC(=O)c2[nH]c(=O)c3c(=O)[nH]c(-c4ccccc4)cc3c2O)cc1. The molecule has 2 aromatic heterocycles. The molecule has 0 bridgehead atoms. The molecule has 0 spiro atoms. The molecule has 2 aromatic carbocycles. The van der Waals surface area contributed by atoms with Gasteiger partial charge in [0.2, 0.25) is 0 Å². The second kappa shape index (κ2) is 8.60. The molecule has 4 rings (SSSR count). The molecule has 0 fully saturated rings. The fourth-order valence-electron chi connectivity index (χ4n) is 3.19. The maximum absolute atomic E-state index is 12.5. The van der Waals surface area contributed by atoms with Gasteiger partial charge in [-0.05, 0) is 41.5 Å². The lowest BCUT2D eigenvalue weighted by molar-refractivity contribution is 0.0947. The second-order valence-electron chi connectivity index (χ2n) is 6.82. The topological polar surface area (TPSA) is 137 Å². The van der Waals surface area contributed by atoms with Crippen molar-refractivity contribution < 1.29 is 14.6 Å². The lowest BCUT2D eigenvalue weighted by Crippen LogP contribution is -2.25. The zero-order valence-electron chi connectivity index (χ0n) is 16.9. The average molecular weight is 430 g/mol. The highest BCUT2D eigenvalue weighted by Gasteiger charge is 2.19. The normalized spacial score (nSPS) is 11.0. The van der Waals surface area contributed by atoms with Crippen LogP contribution in [0, 0.1) is 0 Å². The maximum atomic E-state index is 12.5. The van der Waals surface area contributed by atoms with Gasteiger partial charge in [0, 0.05) is 11.1 Å². The van der Waals surface area contributed by atoms with Gasteiger partial charge in [0.1, 0.15) is 11.1 Å². The van der Waals surface area contributed by atoms with Gasteiger partial charge in [-0.15, -0.1) is 0 Å². The number of H-pyrrole nitrogens is 2. The van der Waals surface area contributed by atoms with Crippen LogP contribution in [0.5, 0.6) is 11.5 Å². The van der Waals surface area contributed by atoms with Crippen LogP contribution in [0.15, 0.2) is 75.4 Å². The summed E-state index contributed by atoms with van der Waals surface area (Å²) >= 11 is 0. The number of benzene rings is 2. The Hall–Kier alpha value is -4.66. The molecule has 1 amide bonds. The quantitative estimate of drug-likeness (QED) is 0.285. The maximum Gasteiger partial charge on any atom is 0.291 e. The summed E-state index contributed by atoms with van der Waals surface area (Å²) < 4.78 is 5.07. The molecule has 0 saturated carbocycles. The monoisotopic (exact) mass is 430 g/mol. The van der Waals surface area contributed by atoms with Crippen LogP contribution in [0.4, 0.5) is 0 Å². The fourth-order valence-corrected chi connectivity index (χ4v) is 3.19. The number of hydrogen-bond donors (Lipinski definition) is 4. The Balaban J connectivity index is 1.68. The van der Waals surface area contributed by atoms with Crippen molar-refractivity contribution >= 4 is 22.9 Å². The first kappa shape index (κ1) is 20.6. The Morgan fingerprint density at radius 2 is 1.72 bits per heavy atom. The van der Waals surface area contributed by atoms with E-state index >= 15 is 0 Å². The number of aromatic amines is 2. The van der Waals surface area contributed by atoms with E-state index in [1.807, 2.05) is 6.07 Å². The van der Waals surface area contributed by atoms with Gasteiger partial charge < -0.3 is 19.8 Å². The van der Waals surface area contributed by atoms with Crippen molar-refractivity contribution in [1.82, 2.24) is 15.4 Å². The van der Waals surface area contributed by atoms with Crippen LogP contribution in [0.3, 0.4) is 0 Å². The number of aromatic nitrogens is 2. The van der Waals surface area contributed by atoms with E-state index in [0.717, 1.165) is 0 Å². The molecule has 0 unspecified atom stereocenters.